The summed E-state index contributed by atoms with van der Waals surface area (Å²) in [5, 5.41) is 0. The maximum atomic E-state index is 2.63. The van der Waals surface area contributed by atoms with Crippen LogP contribution in [0.5, 0.6) is 0 Å². The second-order valence-electron chi connectivity index (χ2n) is 4.31. The first kappa shape index (κ1) is 9.22. The van der Waals surface area contributed by atoms with Crippen LogP contribution in [0.3, 0.4) is 0 Å². The summed E-state index contributed by atoms with van der Waals surface area (Å²) < 4.78 is 0. The molecule has 0 aromatic heterocycles. The molecular weight excluding hydrogens is 160 g/mol. The maximum Gasteiger partial charge on any atom is 0.0226 e. The summed E-state index contributed by atoms with van der Waals surface area (Å²) in [4.78, 5) is 5.10. The van der Waals surface area contributed by atoms with Crippen molar-refractivity contribution in [1.29, 1.82) is 0 Å². The Labute approximate surface area is 81.2 Å². The molecule has 1 fully saturated rings. The molecule has 0 spiro atoms. The van der Waals surface area contributed by atoms with Gasteiger partial charge in [-0.3, -0.25) is 4.90 Å². The summed E-state index contributed by atoms with van der Waals surface area (Å²) in [6.45, 7) is 5.02. The third kappa shape index (κ3) is 2.32. The van der Waals surface area contributed by atoms with Crippen molar-refractivity contribution in [3.63, 3.8) is 0 Å². The minimum atomic E-state index is 0.823. The number of hydrogen-bond donors (Lipinski definition) is 0. The van der Waals surface area contributed by atoms with Gasteiger partial charge in [-0.25, -0.2) is 0 Å². The van der Waals surface area contributed by atoms with E-state index in [1.165, 1.54) is 45.4 Å². The van der Waals surface area contributed by atoms with Gasteiger partial charge in [-0.05, 0) is 32.9 Å². The van der Waals surface area contributed by atoms with Gasteiger partial charge in [0.15, 0.2) is 0 Å². The van der Waals surface area contributed by atoms with Gasteiger partial charge in [0.1, 0.15) is 0 Å². The van der Waals surface area contributed by atoms with Crippen LogP contribution >= 0.6 is 0 Å². The molecule has 1 saturated heterocycles. The molecule has 1 atom stereocenters. The number of nitrogens with zero attached hydrogens (tertiary/aromatic N) is 2. The minimum Gasteiger partial charge on any atom is -0.305 e. The molecule has 0 N–H and O–H groups in total. The smallest absolute Gasteiger partial charge is 0.0226 e. The van der Waals surface area contributed by atoms with Gasteiger partial charge in [-0.15, -0.1) is 0 Å². The highest BCUT2D eigenvalue weighted by molar-refractivity contribution is 4.94. The van der Waals surface area contributed by atoms with E-state index < -0.39 is 0 Å². The van der Waals surface area contributed by atoms with E-state index in [1.807, 2.05) is 0 Å². The van der Waals surface area contributed by atoms with E-state index in [0.29, 0.717) is 0 Å². The lowest BCUT2D eigenvalue weighted by atomic mass is 10.0. The average molecular weight is 180 g/mol. The van der Waals surface area contributed by atoms with Crippen LogP contribution < -0.4 is 0 Å². The van der Waals surface area contributed by atoms with Gasteiger partial charge in [0.25, 0.3) is 0 Å². The van der Waals surface area contributed by atoms with Crippen molar-refractivity contribution in [2.75, 3.05) is 33.2 Å². The van der Waals surface area contributed by atoms with Gasteiger partial charge in [-0.2, -0.15) is 0 Å². The first-order chi connectivity index (χ1) is 6.36. The standard InChI is InChI=1S/C11H20N2/c1-12-7-5-6-11(10-12)13-8-3-2-4-9-13/h2-3,11H,4-10H2,1H3. The largest absolute Gasteiger partial charge is 0.305 e. The Hall–Kier alpha value is -0.340. The summed E-state index contributed by atoms with van der Waals surface area (Å²) in [7, 11) is 2.24. The second kappa shape index (κ2) is 4.25. The van der Waals surface area contributed by atoms with Crippen molar-refractivity contribution < 1.29 is 0 Å². The molecule has 1 unspecified atom stereocenters. The van der Waals surface area contributed by atoms with E-state index in [2.05, 4.69) is 29.0 Å². The van der Waals surface area contributed by atoms with Gasteiger partial charge in [0, 0.05) is 25.7 Å². The Morgan fingerprint density at radius 1 is 1.23 bits per heavy atom. The highest BCUT2D eigenvalue weighted by Crippen LogP contribution is 2.16. The first-order valence-corrected chi connectivity index (χ1v) is 5.44. The molecular formula is C11H20N2. The third-order valence-electron chi connectivity index (χ3n) is 3.21. The van der Waals surface area contributed by atoms with Gasteiger partial charge in [0.05, 0.1) is 0 Å². The lowest BCUT2D eigenvalue weighted by molar-refractivity contribution is 0.120. The molecule has 0 amide bonds. The molecule has 2 nitrogen and oxygen atoms in total. The molecule has 2 heterocycles. The predicted octanol–water partition coefficient (Wildman–Crippen LogP) is 1.34. The van der Waals surface area contributed by atoms with Crippen LogP contribution in [-0.2, 0) is 0 Å². The molecule has 0 aliphatic carbocycles. The molecule has 0 radical (unpaired) electrons. The van der Waals surface area contributed by atoms with Crippen LogP contribution in [0.25, 0.3) is 0 Å². The van der Waals surface area contributed by atoms with Crippen LogP contribution in [0.4, 0.5) is 0 Å². The van der Waals surface area contributed by atoms with Crippen molar-refractivity contribution in [2.45, 2.75) is 25.3 Å². The van der Waals surface area contributed by atoms with Gasteiger partial charge in [0.2, 0.25) is 0 Å². The number of likely N-dealkylation sites (N-methyl/N-ethyl adjacent to an activating group) is 1. The van der Waals surface area contributed by atoms with Crippen LogP contribution in [0.15, 0.2) is 12.2 Å². The van der Waals surface area contributed by atoms with Crippen molar-refractivity contribution >= 4 is 0 Å². The molecule has 2 heteroatoms. The highest BCUT2D eigenvalue weighted by atomic mass is 15.2. The van der Waals surface area contributed by atoms with E-state index in [9.17, 15) is 0 Å². The summed E-state index contributed by atoms with van der Waals surface area (Å²) in [6.07, 6.45) is 8.65. The number of likely N-dealkylation sites (tertiary alicyclic amines) is 1. The van der Waals surface area contributed by atoms with Crippen LogP contribution in [0, 0.1) is 0 Å². The first-order valence-electron chi connectivity index (χ1n) is 5.44. The zero-order valence-electron chi connectivity index (χ0n) is 8.58. The normalized spacial score (nSPS) is 32.2. The van der Waals surface area contributed by atoms with Gasteiger partial charge >= 0.3 is 0 Å². The summed E-state index contributed by atoms with van der Waals surface area (Å²) in [5.74, 6) is 0. The fraction of sp³-hybridized carbons (Fsp3) is 0.818. The fourth-order valence-electron chi connectivity index (χ4n) is 2.43. The van der Waals surface area contributed by atoms with E-state index in [0.717, 1.165) is 6.04 Å². The molecule has 13 heavy (non-hydrogen) atoms. The molecule has 74 valence electrons. The number of rotatable bonds is 1. The summed E-state index contributed by atoms with van der Waals surface area (Å²) in [5.41, 5.74) is 0. The third-order valence-corrected chi connectivity index (χ3v) is 3.21. The van der Waals surface area contributed by atoms with Gasteiger partial charge < -0.3 is 4.90 Å². The second-order valence-corrected chi connectivity index (χ2v) is 4.31. The minimum absolute atomic E-state index is 0.823. The molecule has 2 rings (SSSR count). The van der Waals surface area contributed by atoms with E-state index in [1.54, 1.807) is 0 Å². The Kier molecular flexibility index (Phi) is 3.01. The van der Waals surface area contributed by atoms with Crippen molar-refractivity contribution in [2.24, 2.45) is 0 Å². The Morgan fingerprint density at radius 3 is 2.85 bits per heavy atom. The lowest BCUT2D eigenvalue weighted by Gasteiger charge is -2.38. The zero-order chi connectivity index (χ0) is 9.10. The van der Waals surface area contributed by atoms with E-state index in [4.69, 9.17) is 0 Å². The van der Waals surface area contributed by atoms with Crippen LogP contribution in [0.1, 0.15) is 19.3 Å². The van der Waals surface area contributed by atoms with Crippen molar-refractivity contribution in [1.82, 2.24) is 9.80 Å². The highest BCUT2D eigenvalue weighted by Gasteiger charge is 2.22. The number of piperidine rings is 1. The maximum absolute atomic E-state index is 2.63. The summed E-state index contributed by atoms with van der Waals surface area (Å²) >= 11 is 0. The van der Waals surface area contributed by atoms with E-state index >= 15 is 0 Å². The topological polar surface area (TPSA) is 6.48 Å². The van der Waals surface area contributed by atoms with Crippen molar-refractivity contribution in [3.05, 3.63) is 12.2 Å². The Bertz CT molecular complexity index is 189. The monoisotopic (exact) mass is 180 g/mol. The Morgan fingerprint density at radius 2 is 2.15 bits per heavy atom. The lowest BCUT2D eigenvalue weighted by Crippen LogP contribution is -2.47. The fourth-order valence-corrected chi connectivity index (χ4v) is 2.43. The average Bonchev–Trinajstić information content (AvgIpc) is 2.19. The molecule has 2 aliphatic heterocycles. The molecule has 0 aromatic carbocycles. The molecule has 0 aromatic rings. The van der Waals surface area contributed by atoms with Crippen molar-refractivity contribution in [3.8, 4) is 0 Å². The zero-order valence-corrected chi connectivity index (χ0v) is 8.58. The summed E-state index contributed by atoms with van der Waals surface area (Å²) in [6, 6.07) is 0.823. The number of hydrogen-bond acceptors (Lipinski definition) is 2. The van der Waals surface area contributed by atoms with Gasteiger partial charge in [-0.1, -0.05) is 12.2 Å². The molecule has 0 bridgehead atoms. The van der Waals surface area contributed by atoms with E-state index in [-0.39, 0.29) is 0 Å². The SMILES string of the molecule is CN1CCCC(N2CC=CCC2)C1. The molecule has 0 saturated carbocycles. The quantitative estimate of drug-likeness (QED) is 0.562. The van der Waals surface area contributed by atoms with Crippen LogP contribution in [0.2, 0.25) is 0 Å². The van der Waals surface area contributed by atoms with Crippen LogP contribution in [-0.4, -0.2) is 49.1 Å². The molecule has 2 aliphatic rings. The predicted molar refractivity (Wildman–Crippen MR) is 55.8 cm³/mol. The Balaban J connectivity index is 1.88.